The van der Waals surface area contributed by atoms with Gasteiger partial charge in [-0.15, -0.1) is 0 Å². The molecule has 0 aromatic heterocycles. The standard InChI is InChI=1S/C18H26N2O4S/c1-3-5-6-17-18(21)19-15-11-14(9-10-16(15)24-17)25(22,23)20(4-2)12-13-7-8-13/h9-11,13,17H,3-8,12H2,1-2H3,(H,19,21). The van der Waals surface area contributed by atoms with Crippen LogP contribution in [0.4, 0.5) is 5.69 Å². The Morgan fingerprint density at radius 2 is 2.04 bits per heavy atom. The van der Waals surface area contributed by atoms with Crippen LogP contribution in [0, 0.1) is 5.92 Å². The molecule has 0 bridgehead atoms. The molecule has 7 heteroatoms. The zero-order valence-electron chi connectivity index (χ0n) is 14.8. The van der Waals surface area contributed by atoms with Gasteiger partial charge in [-0.1, -0.05) is 20.3 Å². The lowest BCUT2D eigenvalue weighted by atomic mass is 10.1. The lowest BCUT2D eigenvalue weighted by Crippen LogP contribution is -2.37. The molecule has 1 fully saturated rings. The normalized spacial score (nSPS) is 20.1. The fraction of sp³-hybridized carbons (Fsp3) is 0.611. The quantitative estimate of drug-likeness (QED) is 0.767. The van der Waals surface area contributed by atoms with Crippen LogP contribution in [0.1, 0.15) is 46.0 Å². The highest BCUT2D eigenvalue weighted by atomic mass is 32.2. The number of sulfonamides is 1. The van der Waals surface area contributed by atoms with Crippen molar-refractivity contribution in [1.82, 2.24) is 4.31 Å². The van der Waals surface area contributed by atoms with E-state index in [1.807, 2.05) is 6.92 Å². The predicted octanol–water partition coefficient (Wildman–Crippen LogP) is 3.00. The Morgan fingerprint density at radius 3 is 2.68 bits per heavy atom. The van der Waals surface area contributed by atoms with Gasteiger partial charge in [0.15, 0.2) is 6.10 Å². The van der Waals surface area contributed by atoms with Crippen LogP contribution in [0.25, 0.3) is 0 Å². The second-order valence-electron chi connectivity index (χ2n) is 6.79. The summed E-state index contributed by atoms with van der Waals surface area (Å²) >= 11 is 0. The molecule has 1 aliphatic heterocycles. The molecule has 0 spiro atoms. The fourth-order valence-corrected chi connectivity index (χ4v) is 4.56. The number of amides is 1. The van der Waals surface area contributed by atoms with E-state index in [0.29, 0.717) is 36.9 Å². The Kier molecular flexibility index (Phi) is 5.34. The summed E-state index contributed by atoms with van der Waals surface area (Å²) in [5, 5.41) is 2.79. The Morgan fingerprint density at radius 1 is 1.28 bits per heavy atom. The monoisotopic (exact) mass is 366 g/mol. The van der Waals surface area contributed by atoms with Crippen LogP contribution in [-0.4, -0.2) is 37.8 Å². The summed E-state index contributed by atoms with van der Waals surface area (Å²) in [6.45, 7) is 4.92. The molecule has 1 aliphatic carbocycles. The first-order chi connectivity index (χ1) is 12.0. The average Bonchev–Trinajstić information content (AvgIpc) is 3.41. The maximum atomic E-state index is 12.9. The van der Waals surface area contributed by atoms with Gasteiger partial charge in [0.25, 0.3) is 5.91 Å². The van der Waals surface area contributed by atoms with Crippen molar-refractivity contribution < 1.29 is 17.9 Å². The van der Waals surface area contributed by atoms with E-state index in [1.165, 1.54) is 10.4 Å². The van der Waals surface area contributed by atoms with Gasteiger partial charge in [-0.05, 0) is 49.8 Å². The van der Waals surface area contributed by atoms with Crippen molar-refractivity contribution in [2.24, 2.45) is 5.92 Å². The molecule has 1 amide bonds. The van der Waals surface area contributed by atoms with Crippen LogP contribution in [0.15, 0.2) is 23.1 Å². The zero-order chi connectivity index (χ0) is 18.0. The molecule has 1 heterocycles. The first-order valence-corrected chi connectivity index (χ1v) is 10.5. The van der Waals surface area contributed by atoms with Crippen LogP contribution >= 0.6 is 0 Å². The summed E-state index contributed by atoms with van der Waals surface area (Å²) in [5.41, 5.74) is 0.432. The van der Waals surface area contributed by atoms with E-state index < -0.39 is 16.1 Å². The van der Waals surface area contributed by atoms with Gasteiger partial charge in [0.05, 0.1) is 10.6 Å². The van der Waals surface area contributed by atoms with Crippen molar-refractivity contribution in [3.63, 3.8) is 0 Å². The summed E-state index contributed by atoms with van der Waals surface area (Å²) in [5.74, 6) is 0.806. The molecular formula is C18H26N2O4S. The number of fused-ring (bicyclic) bond motifs is 1. The van der Waals surface area contributed by atoms with Crippen LogP contribution in [-0.2, 0) is 14.8 Å². The van der Waals surface area contributed by atoms with Gasteiger partial charge >= 0.3 is 0 Å². The zero-order valence-corrected chi connectivity index (χ0v) is 15.6. The van der Waals surface area contributed by atoms with Gasteiger partial charge in [0.2, 0.25) is 10.0 Å². The number of nitrogens with zero attached hydrogens (tertiary/aromatic N) is 1. The van der Waals surface area contributed by atoms with Crippen molar-refractivity contribution in [3.8, 4) is 5.75 Å². The van der Waals surface area contributed by atoms with Gasteiger partial charge in [-0.2, -0.15) is 4.31 Å². The molecule has 138 valence electrons. The van der Waals surface area contributed by atoms with Crippen LogP contribution in [0.5, 0.6) is 5.75 Å². The summed E-state index contributed by atoms with van der Waals surface area (Å²) in [4.78, 5) is 12.4. The lowest BCUT2D eigenvalue weighted by molar-refractivity contribution is -0.123. The van der Waals surface area contributed by atoms with Gasteiger partial charge < -0.3 is 10.1 Å². The largest absolute Gasteiger partial charge is 0.478 e. The first-order valence-electron chi connectivity index (χ1n) is 9.07. The van der Waals surface area contributed by atoms with Crippen molar-refractivity contribution in [3.05, 3.63) is 18.2 Å². The Bertz CT molecular complexity index is 743. The topological polar surface area (TPSA) is 75.7 Å². The molecule has 0 radical (unpaired) electrons. The van der Waals surface area contributed by atoms with E-state index >= 15 is 0 Å². The summed E-state index contributed by atoms with van der Waals surface area (Å²) in [6.07, 6.45) is 4.25. The van der Waals surface area contributed by atoms with Crippen molar-refractivity contribution in [2.45, 2.75) is 57.0 Å². The van der Waals surface area contributed by atoms with Gasteiger partial charge in [-0.25, -0.2) is 8.42 Å². The maximum Gasteiger partial charge on any atom is 0.265 e. The second kappa shape index (κ2) is 7.33. The number of ether oxygens (including phenoxy) is 1. The number of rotatable bonds is 8. The molecular weight excluding hydrogens is 340 g/mol. The van der Waals surface area contributed by atoms with Crippen molar-refractivity contribution in [1.29, 1.82) is 0 Å². The number of nitrogens with one attached hydrogen (secondary N) is 1. The van der Waals surface area contributed by atoms with E-state index in [1.54, 1.807) is 12.1 Å². The average molecular weight is 366 g/mol. The third kappa shape index (κ3) is 3.98. The van der Waals surface area contributed by atoms with Gasteiger partial charge in [0.1, 0.15) is 5.75 Å². The van der Waals surface area contributed by atoms with E-state index in [4.69, 9.17) is 4.74 Å². The molecule has 1 unspecified atom stereocenters. The summed E-state index contributed by atoms with van der Waals surface area (Å²) in [7, 11) is -3.56. The van der Waals surface area contributed by atoms with E-state index in [9.17, 15) is 13.2 Å². The second-order valence-corrected chi connectivity index (χ2v) is 8.73. The van der Waals surface area contributed by atoms with E-state index in [-0.39, 0.29) is 10.8 Å². The number of hydrogen-bond acceptors (Lipinski definition) is 4. The highest BCUT2D eigenvalue weighted by molar-refractivity contribution is 7.89. The number of carbonyl (C=O) groups is 1. The molecule has 6 nitrogen and oxygen atoms in total. The maximum absolute atomic E-state index is 12.9. The molecule has 1 N–H and O–H groups in total. The summed E-state index contributed by atoms with van der Waals surface area (Å²) in [6, 6.07) is 4.72. The van der Waals surface area contributed by atoms with E-state index in [2.05, 4.69) is 12.2 Å². The summed E-state index contributed by atoms with van der Waals surface area (Å²) < 4.78 is 33.0. The number of anilines is 1. The fourth-order valence-electron chi connectivity index (χ4n) is 3.00. The Balaban J connectivity index is 1.81. The molecule has 1 atom stereocenters. The molecule has 1 saturated carbocycles. The Hall–Kier alpha value is -1.60. The number of benzene rings is 1. The molecule has 3 rings (SSSR count). The SMILES string of the molecule is CCCCC1Oc2ccc(S(=O)(=O)N(CC)CC3CC3)cc2NC1=O. The van der Waals surface area contributed by atoms with Crippen molar-refractivity contribution in [2.75, 3.05) is 18.4 Å². The first kappa shape index (κ1) is 18.2. The molecule has 25 heavy (non-hydrogen) atoms. The van der Waals surface area contributed by atoms with Crippen LogP contribution < -0.4 is 10.1 Å². The lowest BCUT2D eigenvalue weighted by Gasteiger charge is -2.27. The minimum atomic E-state index is -3.56. The third-order valence-electron chi connectivity index (χ3n) is 4.74. The highest BCUT2D eigenvalue weighted by Gasteiger charge is 2.32. The van der Waals surface area contributed by atoms with E-state index in [0.717, 1.165) is 25.7 Å². The Labute approximate surface area is 149 Å². The molecule has 1 aromatic carbocycles. The molecule has 0 saturated heterocycles. The highest BCUT2D eigenvalue weighted by Crippen LogP contribution is 2.35. The minimum absolute atomic E-state index is 0.199. The van der Waals surface area contributed by atoms with Crippen LogP contribution in [0.3, 0.4) is 0 Å². The number of carbonyl (C=O) groups excluding carboxylic acids is 1. The number of unbranched alkanes of at least 4 members (excludes halogenated alkanes) is 1. The molecule has 1 aromatic rings. The van der Waals surface area contributed by atoms with Gasteiger partial charge in [-0.3, -0.25) is 4.79 Å². The smallest absolute Gasteiger partial charge is 0.265 e. The molecule has 2 aliphatic rings. The van der Waals surface area contributed by atoms with Crippen LogP contribution in [0.2, 0.25) is 0 Å². The minimum Gasteiger partial charge on any atom is -0.478 e. The third-order valence-corrected chi connectivity index (χ3v) is 6.68. The van der Waals surface area contributed by atoms with Gasteiger partial charge in [0, 0.05) is 13.1 Å². The number of hydrogen-bond donors (Lipinski definition) is 1. The van der Waals surface area contributed by atoms with Crippen molar-refractivity contribution >= 4 is 21.6 Å². The predicted molar refractivity (Wildman–Crippen MR) is 96.2 cm³/mol.